The number of hydrogen-bond donors (Lipinski definition) is 1. The van der Waals surface area contributed by atoms with E-state index in [0.29, 0.717) is 17.9 Å². The van der Waals surface area contributed by atoms with Gasteiger partial charge in [-0.05, 0) is 29.7 Å². The van der Waals surface area contributed by atoms with Gasteiger partial charge >= 0.3 is 5.97 Å². The van der Waals surface area contributed by atoms with Gasteiger partial charge in [0.1, 0.15) is 5.75 Å². The molecule has 0 fully saturated rings. The number of benzene rings is 3. The number of methoxy groups -OCH3 is 1. The summed E-state index contributed by atoms with van der Waals surface area (Å²) in [6, 6.07) is 20.8. The molecule has 0 heterocycles. The Kier molecular flexibility index (Phi) is 6.92. The lowest BCUT2D eigenvalue weighted by atomic mass is 10.0. The molecule has 0 saturated heterocycles. The van der Waals surface area contributed by atoms with Gasteiger partial charge in [-0.25, -0.2) is 4.79 Å². The number of carbonyl (C=O) groups is 2. The van der Waals surface area contributed by atoms with Crippen LogP contribution < -0.4 is 10.1 Å². The van der Waals surface area contributed by atoms with E-state index in [2.05, 4.69) is 5.32 Å². The van der Waals surface area contributed by atoms with E-state index in [9.17, 15) is 9.59 Å². The van der Waals surface area contributed by atoms with Crippen LogP contribution >= 0.6 is 11.8 Å². The molecular formula is C22H21NO4S. The van der Waals surface area contributed by atoms with E-state index in [1.807, 2.05) is 54.6 Å². The lowest BCUT2D eigenvalue weighted by Crippen LogP contribution is -2.30. The highest BCUT2D eigenvalue weighted by molar-refractivity contribution is 7.99. The van der Waals surface area contributed by atoms with E-state index in [1.165, 1.54) is 0 Å². The van der Waals surface area contributed by atoms with Gasteiger partial charge in [-0.1, -0.05) is 42.5 Å². The van der Waals surface area contributed by atoms with E-state index in [-0.39, 0.29) is 12.5 Å². The van der Waals surface area contributed by atoms with Crippen LogP contribution in [0, 0.1) is 0 Å². The molecule has 3 aromatic rings. The minimum atomic E-state index is -0.535. The van der Waals surface area contributed by atoms with Gasteiger partial charge in [-0.3, -0.25) is 4.79 Å². The first kappa shape index (κ1) is 19.8. The third kappa shape index (κ3) is 5.04. The van der Waals surface area contributed by atoms with Crippen LogP contribution in [0.3, 0.4) is 0 Å². The average molecular weight is 395 g/mol. The highest BCUT2D eigenvalue weighted by Crippen LogP contribution is 2.28. The smallest absolute Gasteiger partial charge is 0.339 e. The monoisotopic (exact) mass is 395 g/mol. The molecule has 0 aliphatic rings. The van der Waals surface area contributed by atoms with Crippen molar-refractivity contribution in [3.8, 4) is 5.75 Å². The maximum atomic E-state index is 12.4. The summed E-state index contributed by atoms with van der Waals surface area (Å²) in [5, 5.41) is 4.31. The summed E-state index contributed by atoms with van der Waals surface area (Å²) in [6.45, 7) is 0.191. The summed E-state index contributed by atoms with van der Waals surface area (Å²) in [7, 11) is 1.58. The lowest BCUT2D eigenvalue weighted by Gasteiger charge is -2.10. The summed E-state index contributed by atoms with van der Waals surface area (Å²) in [4.78, 5) is 25.5. The molecule has 0 atom stereocenters. The zero-order valence-electron chi connectivity index (χ0n) is 15.5. The van der Waals surface area contributed by atoms with Crippen molar-refractivity contribution in [1.29, 1.82) is 0 Å². The number of hydrogen-bond acceptors (Lipinski definition) is 5. The van der Waals surface area contributed by atoms with Crippen LogP contribution in [0.15, 0.2) is 71.6 Å². The van der Waals surface area contributed by atoms with Crippen molar-refractivity contribution in [1.82, 2.24) is 5.32 Å². The van der Waals surface area contributed by atoms with Crippen molar-refractivity contribution in [2.45, 2.75) is 4.90 Å². The van der Waals surface area contributed by atoms with Gasteiger partial charge in [0.15, 0.2) is 6.61 Å². The molecule has 1 amide bonds. The van der Waals surface area contributed by atoms with Crippen molar-refractivity contribution in [3.05, 3.63) is 72.3 Å². The normalized spacial score (nSPS) is 10.5. The Balaban J connectivity index is 1.50. The number of ether oxygens (including phenoxy) is 2. The van der Waals surface area contributed by atoms with Crippen molar-refractivity contribution in [3.63, 3.8) is 0 Å². The maximum Gasteiger partial charge on any atom is 0.339 e. The molecule has 3 aromatic carbocycles. The third-order valence-corrected chi connectivity index (χ3v) is 5.11. The molecule has 0 aliphatic heterocycles. The number of amides is 1. The van der Waals surface area contributed by atoms with Gasteiger partial charge in [-0.2, -0.15) is 0 Å². The predicted molar refractivity (Wildman–Crippen MR) is 111 cm³/mol. The molecule has 28 heavy (non-hydrogen) atoms. The minimum Gasteiger partial charge on any atom is -0.496 e. The number of esters is 1. The lowest BCUT2D eigenvalue weighted by molar-refractivity contribution is -0.124. The standard InChI is InChI=1S/C22H21NO4S/c1-26-20-12-11-19(17-9-5-6-10-18(17)20)22(25)27-15-21(24)23-13-14-28-16-7-3-2-4-8-16/h2-12H,13-15H2,1H3,(H,23,24). The third-order valence-electron chi connectivity index (χ3n) is 4.09. The Morgan fingerprint density at radius 2 is 1.64 bits per heavy atom. The quantitative estimate of drug-likeness (QED) is 0.356. The van der Waals surface area contributed by atoms with E-state index in [4.69, 9.17) is 9.47 Å². The molecule has 3 rings (SSSR count). The number of rotatable bonds is 8. The van der Waals surface area contributed by atoms with Gasteiger partial charge in [0, 0.05) is 22.6 Å². The zero-order valence-corrected chi connectivity index (χ0v) is 16.3. The molecule has 1 N–H and O–H groups in total. The molecule has 0 saturated carbocycles. The second kappa shape index (κ2) is 9.80. The molecule has 0 radical (unpaired) electrons. The number of fused-ring (bicyclic) bond motifs is 1. The highest BCUT2D eigenvalue weighted by Gasteiger charge is 2.15. The summed E-state index contributed by atoms with van der Waals surface area (Å²) in [5.74, 6) is 0.570. The van der Waals surface area contributed by atoms with Crippen LogP contribution in [-0.4, -0.2) is 37.9 Å². The first-order valence-corrected chi connectivity index (χ1v) is 9.85. The summed E-state index contributed by atoms with van der Waals surface area (Å²) >= 11 is 1.65. The first-order valence-electron chi connectivity index (χ1n) is 8.86. The van der Waals surface area contributed by atoms with Crippen molar-refractivity contribution >= 4 is 34.4 Å². The van der Waals surface area contributed by atoms with Gasteiger partial charge in [0.05, 0.1) is 12.7 Å². The van der Waals surface area contributed by atoms with Crippen LogP contribution in [-0.2, 0) is 9.53 Å². The highest BCUT2D eigenvalue weighted by atomic mass is 32.2. The Hall–Kier alpha value is -2.99. The fraction of sp³-hybridized carbons (Fsp3) is 0.182. The van der Waals surface area contributed by atoms with E-state index >= 15 is 0 Å². The first-order chi connectivity index (χ1) is 13.7. The molecule has 0 aliphatic carbocycles. The Morgan fingerprint density at radius 1 is 0.929 bits per heavy atom. The SMILES string of the molecule is COc1ccc(C(=O)OCC(=O)NCCSc2ccccc2)c2ccccc12. The molecular weight excluding hydrogens is 374 g/mol. The summed E-state index contributed by atoms with van der Waals surface area (Å²) < 4.78 is 10.5. The second-order valence-electron chi connectivity index (χ2n) is 5.95. The minimum absolute atomic E-state index is 0.310. The Bertz CT molecular complexity index is 959. The van der Waals surface area contributed by atoms with Crippen molar-refractivity contribution in [2.24, 2.45) is 0 Å². The van der Waals surface area contributed by atoms with Gasteiger partial charge in [0.2, 0.25) is 0 Å². The van der Waals surface area contributed by atoms with Crippen LogP contribution in [0.25, 0.3) is 10.8 Å². The summed E-state index contributed by atoms with van der Waals surface area (Å²) in [5.41, 5.74) is 0.406. The molecule has 0 unspecified atom stereocenters. The fourth-order valence-electron chi connectivity index (χ4n) is 2.76. The van der Waals surface area contributed by atoms with Crippen LogP contribution in [0.2, 0.25) is 0 Å². The van der Waals surface area contributed by atoms with E-state index < -0.39 is 5.97 Å². The van der Waals surface area contributed by atoms with Gasteiger partial charge in [0.25, 0.3) is 5.91 Å². The fourth-order valence-corrected chi connectivity index (χ4v) is 3.55. The Morgan fingerprint density at radius 3 is 2.39 bits per heavy atom. The maximum absolute atomic E-state index is 12.4. The second-order valence-corrected chi connectivity index (χ2v) is 7.12. The predicted octanol–water partition coefficient (Wildman–Crippen LogP) is 3.91. The number of thioether (sulfide) groups is 1. The topological polar surface area (TPSA) is 64.6 Å². The number of nitrogens with one attached hydrogen (secondary N) is 1. The van der Waals surface area contributed by atoms with Crippen LogP contribution in [0.5, 0.6) is 5.75 Å². The molecule has 5 nitrogen and oxygen atoms in total. The largest absolute Gasteiger partial charge is 0.496 e. The van der Waals surface area contributed by atoms with Crippen molar-refractivity contribution < 1.29 is 19.1 Å². The number of carbonyl (C=O) groups excluding carboxylic acids is 2. The average Bonchev–Trinajstić information content (AvgIpc) is 2.75. The van der Waals surface area contributed by atoms with Crippen LogP contribution in [0.1, 0.15) is 10.4 Å². The summed E-state index contributed by atoms with van der Waals surface area (Å²) in [6.07, 6.45) is 0. The molecule has 0 spiro atoms. The zero-order chi connectivity index (χ0) is 19.8. The van der Waals surface area contributed by atoms with Gasteiger partial charge < -0.3 is 14.8 Å². The van der Waals surface area contributed by atoms with Gasteiger partial charge in [-0.15, -0.1) is 11.8 Å². The van der Waals surface area contributed by atoms with Crippen molar-refractivity contribution in [2.75, 3.05) is 26.0 Å². The molecule has 6 heteroatoms. The van der Waals surface area contributed by atoms with Crippen LogP contribution in [0.4, 0.5) is 0 Å². The Labute approximate surface area is 168 Å². The molecule has 144 valence electrons. The van der Waals surface area contributed by atoms with E-state index in [1.54, 1.807) is 31.0 Å². The van der Waals surface area contributed by atoms with E-state index in [0.717, 1.165) is 21.4 Å². The molecule has 0 bridgehead atoms. The molecule has 0 aromatic heterocycles.